The van der Waals surface area contributed by atoms with Gasteiger partial charge in [-0.25, -0.2) is 0 Å². The standard InChI is InChI=1S/C35H52B2N2/c1-25-24-33-29(27-16-10-7-11-17-27)19-13-21-32(33)35(25)37(39(4)5)36(38(2)3)34-23-22-30-28(18-12-20-31(30)34)26-14-8-6-9-15-26/h6-11,14-17,25,28-35H,12-13,18-24H2,1-5H3. The number of hydrogen-bond donors (Lipinski definition) is 0. The molecule has 4 heteroatoms. The Morgan fingerprint density at radius 1 is 0.564 bits per heavy atom. The van der Waals surface area contributed by atoms with Crippen molar-refractivity contribution in [3.63, 3.8) is 0 Å². The molecule has 6 rings (SSSR count). The van der Waals surface area contributed by atoms with E-state index in [2.05, 4.69) is 105 Å². The van der Waals surface area contributed by atoms with Gasteiger partial charge >= 0.3 is 0 Å². The molecular weight excluding hydrogens is 470 g/mol. The van der Waals surface area contributed by atoms with Crippen LogP contribution in [0, 0.1) is 29.6 Å². The van der Waals surface area contributed by atoms with Gasteiger partial charge in [-0.05, 0) is 118 Å². The van der Waals surface area contributed by atoms with Crippen LogP contribution in [0.15, 0.2) is 60.7 Å². The highest BCUT2D eigenvalue weighted by Gasteiger charge is 2.57. The third-order valence-corrected chi connectivity index (χ3v) is 12.2. The summed E-state index contributed by atoms with van der Waals surface area (Å²) < 4.78 is 0. The SMILES string of the molecule is CC1CC2C(c3ccccc3)CCCC2C1B(B(C1CCC2C(c3ccccc3)CCCC12)N(C)C)N(C)C. The summed E-state index contributed by atoms with van der Waals surface area (Å²) in [6.07, 6.45) is 12.8. The Morgan fingerprint density at radius 3 is 1.67 bits per heavy atom. The predicted octanol–water partition coefficient (Wildman–Crippen LogP) is 8.15. The van der Waals surface area contributed by atoms with Gasteiger partial charge in [0, 0.05) is 0 Å². The summed E-state index contributed by atoms with van der Waals surface area (Å²) in [6, 6.07) is 23.1. The predicted molar refractivity (Wildman–Crippen MR) is 169 cm³/mol. The summed E-state index contributed by atoms with van der Waals surface area (Å²) in [5.41, 5.74) is 3.22. The molecule has 2 aromatic rings. The molecule has 2 nitrogen and oxygen atoms in total. The van der Waals surface area contributed by atoms with Crippen LogP contribution in [0.25, 0.3) is 0 Å². The van der Waals surface area contributed by atoms with Crippen molar-refractivity contribution in [3.8, 4) is 0 Å². The summed E-state index contributed by atoms with van der Waals surface area (Å²) in [5, 5.41) is 0. The fourth-order valence-corrected chi connectivity index (χ4v) is 11.0. The van der Waals surface area contributed by atoms with E-state index in [9.17, 15) is 0 Å². The Labute approximate surface area is 240 Å². The molecule has 9 unspecified atom stereocenters. The number of benzene rings is 2. The minimum atomic E-state index is 0.639. The summed E-state index contributed by atoms with van der Waals surface area (Å²) in [6.45, 7) is 3.91. The molecule has 208 valence electrons. The van der Waals surface area contributed by atoms with E-state index in [4.69, 9.17) is 0 Å². The molecule has 0 N–H and O–H groups in total. The maximum Gasteiger partial charge on any atom is 0.211 e. The second-order valence-corrected chi connectivity index (χ2v) is 14.5. The van der Waals surface area contributed by atoms with E-state index >= 15 is 0 Å². The number of fused-ring (bicyclic) bond motifs is 2. The van der Waals surface area contributed by atoms with E-state index in [1.165, 1.54) is 57.8 Å². The molecule has 39 heavy (non-hydrogen) atoms. The molecule has 9 atom stereocenters. The van der Waals surface area contributed by atoms with Gasteiger partial charge in [0.1, 0.15) is 0 Å². The minimum Gasteiger partial charge on any atom is -0.352 e. The monoisotopic (exact) mass is 522 g/mol. The lowest BCUT2D eigenvalue weighted by molar-refractivity contribution is 0.233. The zero-order valence-corrected chi connectivity index (χ0v) is 25.4. The van der Waals surface area contributed by atoms with Gasteiger partial charge in [-0.3, -0.25) is 0 Å². The van der Waals surface area contributed by atoms with E-state index in [-0.39, 0.29) is 0 Å². The maximum absolute atomic E-state index is 2.69. The molecule has 0 radical (unpaired) electrons. The fraction of sp³-hybridized carbons (Fsp3) is 0.657. The quantitative estimate of drug-likeness (QED) is 0.339. The van der Waals surface area contributed by atoms with Gasteiger partial charge < -0.3 is 9.62 Å². The van der Waals surface area contributed by atoms with Crippen molar-refractivity contribution in [2.75, 3.05) is 28.2 Å². The van der Waals surface area contributed by atoms with Crippen LogP contribution in [0.1, 0.15) is 87.7 Å². The Balaban J connectivity index is 1.29. The van der Waals surface area contributed by atoms with Crippen LogP contribution in [0.4, 0.5) is 0 Å². The fourth-order valence-electron chi connectivity index (χ4n) is 11.0. The van der Waals surface area contributed by atoms with Crippen LogP contribution >= 0.6 is 0 Å². The first kappa shape index (κ1) is 27.6. The van der Waals surface area contributed by atoms with Gasteiger partial charge in [-0.15, -0.1) is 0 Å². The van der Waals surface area contributed by atoms with E-state index in [1.807, 2.05) is 0 Å². The molecule has 0 amide bonds. The van der Waals surface area contributed by atoms with Crippen LogP contribution in [0.2, 0.25) is 11.6 Å². The van der Waals surface area contributed by atoms with Crippen LogP contribution in [-0.2, 0) is 0 Å². The van der Waals surface area contributed by atoms with Crippen molar-refractivity contribution in [2.24, 2.45) is 29.6 Å². The summed E-state index contributed by atoms with van der Waals surface area (Å²) in [5.74, 6) is 7.46. The molecule has 0 bridgehead atoms. The van der Waals surface area contributed by atoms with E-state index in [0.717, 1.165) is 53.1 Å². The molecule has 0 aromatic heterocycles. The van der Waals surface area contributed by atoms with Crippen LogP contribution < -0.4 is 0 Å². The first-order valence-corrected chi connectivity index (χ1v) is 16.4. The van der Waals surface area contributed by atoms with Crippen molar-refractivity contribution >= 4 is 13.5 Å². The van der Waals surface area contributed by atoms with Crippen LogP contribution in [0.5, 0.6) is 0 Å². The van der Waals surface area contributed by atoms with Gasteiger partial charge in [0.05, 0.1) is 0 Å². The van der Waals surface area contributed by atoms with Crippen molar-refractivity contribution in [1.82, 2.24) is 9.62 Å². The molecule has 4 aliphatic rings. The first-order chi connectivity index (χ1) is 19.0. The molecule has 0 heterocycles. The third kappa shape index (κ3) is 5.19. The second kappa shape index (κ2) is 11.8. The van der Waals surface area contributed by atoms with Crippen LogP contribution in [0.3, 0.4) is 0 Å². The van der Waals surface area contributed by atoms with E-state index < -0.39 is 0 Å². The average Bonchev–Trinajstić information content (AvgIpc) is 3.52. The minimum absolute atomic E-state index is 0.639. The number of hydrogen-bond acceptors (Lipinski definition) is 2. The summed E-state index contributed by atoms with van der Waals surface area (Å²) in [4.78, 5) is 5.37. The van der Waals surface area contributed by atoms with Crippen LogP contribution in [-0.4, -0.2) is 51.3 Å². The van der Waals surface area contributed by atoms with Gasteiger partial charge in [-0.1, -0.05) is 99.7 Å². The summed E-state index contributed by atoms with van der Waals surface area (Å²) >= 11 is 0. The third-order valence-electron chi connectivity index (χ3n) is 12.2. The second-order valence-electron chi connectivity index (χ2n) is 14.5. The lowest BCUT2D eigenvalue weighted by atomic mass is 9.09. The Morgan fingerprint density at radius 2 is 1.10 bits per heavy atom. The molecule has 0 spiro atoms. The van der Waals surface area contributed by atoms with Gasteiger partial charge in [-0.2, -0.15) is 0 Å². The lowest BCUT2D eigenvalue weighted by Gasteiger charge is -2.46. The topological polar surface area (TPSA) is 6.48 Å². The molecule has 2 aromatic carbocycles. The highest BCUT2D eigenvalue weighted by atomic mass is 15.0. The summed E-state index contributed by atoms with van der Waals surface area (Å²) in [7, 11) is 9.66. The number of nitrogens with zero attached hydrogens (tertiary/aromatic N) is 2. The normalized spacial score (nSPS) is 36.1. The largest absolute Gasteiger partial charge is 0.352 e. The van der Waals surface area contributed by atoms with Gasteiger partial charge in [0.2, 0.25) is 13.5 Å². The average molecular weight is 522 g/mol. The number of rotatable bonds is 7. The van der Waals surface area contributed by atoms with Crippen molar-refractivity contribution in [1.29, 1.82) is 0 Å². The zero-order chi connectivity index (χ0) is 27.1. The first-order valence-electron chi connectivity index (χ1n) is 16.4. The van der Waals surface area contributed by atoms with E-state index in [0.29, 0.717) is 13.5 Å². The Kier molecular flexibility index (Phi) is 8.34. The molecule has 4 saturated carbocycles. The highest BCUT2D eigenvalue weighted by Crippen LogP contribution is 2.61. The Bertz CT molecular complexity index is 1060. The maximum atomic E-state index is 2.69. The Hall–Kier alpha value is -1.51. The molecule has 4 aliphatic carbocycles. The molecule has 0 aliphatic heterocycles. The highest BCUT2D eigenvalue weighted by molar-refractivity contribution is 7.21. The lowest BCUT2D eigenvalue weighted by Crippen LogP contribution is -2.61. The van der Waals surface area contributed by atoms with Gasteiger partial charge in [0.25, 0.3) is 0 Å². The van der Waals surface area contributed by atoms with Gasteiger partial charge in [0.15, 0.2) is 0 Å². The molecule has 0 saturated heterocycles. The zero-order valence-electron chi connectivity index (χ0n) is 25.4. The van der Waals surface area contributed by atoms with E-state index in [1.54, 1.807) is 11.1 Å². The molecular formula is C35H52B2N2. The smallest absolute Gasteiger partial charge is 0.211 e. The van der Waals surface area contributed by atoms with Crippen molar-refractivity contribution in [3.05, 3.63) is 71.8 Å². The molecule has 4 fully saturated rings. The van der Waals surface area contributed by atoms with Crippen molar-refractivity contribution in [2.45, 2.75) is 88.2 Å². The van der Waals surface area contributed by atoms with Crippen molar-refractivity contribution < 1.29 is 0 Å².